The van der Waals surface area contributed by atoms with Crippen LogP contribution in [0.15, 0.2) is 42.5 Å². The van der Waals surface area contributed by atoms with E-state index in [9.17, 15) is 4.79 Å². The van der Waals surface area contributed by atoms with Crippen molar-refractivity contribution in [2.45, 2.75) is 32.2 Å². The van der Waals surface area contributed by atoms with Crippen molar-refractivity contribution in [3.05, 3.63) is 59.2 Å². The fourth-order valence-electron chi connectivity index (χ4n) is 4.71. The van der Waals surface area contributed by atoms with E-state index in [1.165, 1.54) is 18.4 Å². The number of benzene rings is 2. The van der Waals surface area contributed by atoms with E-state index < -0.39 is 0 Å². The lowest BCUT2D eigenvalue weighted by Crippen LogP contribution is -2.34. The van der Waals surface area contributed by atoms with Crippen molar-refractivity contribution in [2.24, 2.45) is 11.8 Å². The Morgan fingerprint density at radius 3 is 2.27 bits per heavy atom. The molecule has 1 heterocycles. The van der Waals surface area contributed by atoms with Crippen LogP contribution >= 0.6 is 0 Å². The molecule has 162 valence electrons. The van der Waals surface area contributed by atoms with Crippen molar-refractivity contribution < 1.29 is 19.4 Å². The fourth-order valence-corrected chi connectivity index (χ4v) is 4.71. The van der Waals surface area contributed by atoms with Gasteiger partial charge in [0.1, 0.15) is 0 Å². The molecule has 4 rings (SSSR count). The highest BCUT2D eigenvalue weighted by molar-refractivity contribution is 6.02. The lowest BCUT2D eigenvalue weighted by atomic mass is 9.85. The summed E-state index contributed by atoms with van der Waals surface area (Å²) in [7, 11) is 4.26. The predicted molar refractivity (Wildman–Crippen MR) is 118 cm³/mol. The maximum atomic E-state index is 12.9. The molecule has 1 N–H and O–H groups in total. The number of methoxy groups -OCH3 is 2. The molecule has 2 aliphatic rings. The van der Waals surface area contributed by atoms with Crippen molar-refractivity contribution in [2.75, 3.05) is 34.4 Å². The van der Waals surface area contributed by atoms with Gasteiger partial charge in [0, 0.05) is 25.1 Å². The first kappa shape index (κ1) is 22.3. The van der Waals surface area contributed by atoms with Crippen LogP contribution in [0.4, 0.5) is 0 Å². The number of aliphatic hydroxyl groups excluding tert-OH is 1. The van der Waals surface area contributed by atoms with E-state index >= 15 is 0 Å². The first-order chi connectivity index (χ1) is 14.7. The van der Waals surface area contributed by atoms with Crippen LogP contribution in [-0.2, 0) is 13.0 Å². The standard InChI is InChI=1S/C24H29NO3.CH4O/c1-27-22-14-19-13-20(24(26)21(19)15-23(22)28-2)12-17-8-10-25(11-9-17)16-18-6-4-3-5-7-18;1-2/h3-7,14-15,17,20H,8-13,16H2,1-2H3;2H,1H3. The Morgan fingerprint density at radius 2 is 1.63 bits per heavy atom. The van der Waals surface area contributed by atoms with E-state index in [0.717, 1.165) is 50.7 Å². The molecule has 5 heteroatoms. The highest BCUT2D eigenvalue weighted by Crippen LogP contribution is 2.39. The van der Waals surface area contributed by atoms with Gasteiger partial charge in [-0.05, 0) is 68.0 Å². The third kappa shape index (κ3) is 5.02. The zero-order chi connectivity index (χ0) is 21.5. The maximum absolute atomic E-state index is 12.9. The molecule has 1 aliphatic heterocycles. The largest absolute Gasteiger partial charge is 0.493 e. The number of piperidine rings is 1. The van der Waals surface area contributed by atoms with Gasteiger partial charge in [0.2, 0.25) is 0 Å². The van der Waals surface area contributed by atoms with Gasteiger partial charge in [0.15, 0.2) is 17.3 Å². The molecule has 0 aromatic heterocycles. The number of Topliss-reactive ketones (excluding diaryl/α,β-unsaturated/α-hetero) is 1. The number of hydrogen-bond donors (Lipinski definition) is 1. The molecule has 0 amide bonds. The molecule has 30 heavy (non-hydrogen) atoms. The molecule has 1 unspecified atom stereocenters. The second-order valence-electron chi connectivity index (χ2n) is 8.07. The molecule has 1 aliphatic carbocycles. The normalized spacial score (nSPS) is 19.1. The lowest BCUT2D eigenvalue weighted by molar-refractivity contribution is 0.0895. The smallest absolute Gasteiger partial charge is 0.166 e. The van der Waals surface area contributed by atoms with Gasteiger partial charge in [-0.3, -0.25) is 9.69 Å². The Hall–Kier alpha value is -2.37. The monoisotopic (exact) mass is 411 g/mol. The molecular weight excluding hydrogens is 378 g/mol. The SMILES string of the molecule is CO.COc1cc2c(cc1OC)C(=O)C(CC1CCN(Cc3ccccc3)CC1)C2. The summed E-state index contributed by atoms with van der Waals surface area (Å²) >= 11 is 0. The van der Waals surface area contributed by atoms with Gasteiger partial charge in [0.25, 0.3) is 0 Å². The van der Waals surface area contributed by atoms with Crippen LogP contribution in [0.3, 0.4) is 0 Å². The zero-order valence-corrected chi connectivity index (χ0v) is 18.3. The van der Waals surface area contributed by atoms with Gasteiger partial charge >= 0.3 is 0 Å². The summed E-state index contributed by atoms with van der Waals surface area (Å²) in [5, 5.41) is 7.00. The van der Waals surface area contributed by atoms with Crippen molar-refractivity contribution >= 4 is 5.78 Å². The number of rotatable bonds is 6. The van der Waals surface area contributed by atoms with Crippen LogP contribution in [0.2, 0.25) is 0 Å². The molecule has 1 atom stereocenters. The van der Waals surface area contributed by atoms with E-state index in [1.54, 1.807) is 14.2 Å². The fraction of sp³-hybridized carbons (Fsp3) is 0.480. The number of hydrogen-bond acceptors (Lipinski definition) is 5. The van der Waals surface area contributed by atoms with Crippen LogP contribution in [-0.4, -0.2) is 50.2 Å². The molecule has 0 saturated carbocycles. The van der Waals surface area contributed by atoms with E-state index in [4.69, 9.17) is 14.6 Å². The molecule has 2 aromatic rings. The van der Waals surface area contributed by atoms with E-state index in [2.05, 4.69) is 35.2 Å². The quantitative estimate of drug-likeness (QED) is 0.779. The van der Waals surface area contributed by atoms with Crippen molar-refractivity contribution in [3.8, 4) is 11.5 Å². The van der Waals surface area contributed by atoms with E-state index in [-0.39, 0.29) is 11.7 Å². The summed E-state index contributed by atoms with van der Waals surface area (Å²) in [6, 6.07) is 14.5. The molecule has 5 nitrogen and oxygen atoms in total. The molecule has 1 saturated heterocycles. The summed E-state index contributed by atoms with van der Waals surface area (Å²) in [5.41, 5.74) is 3.31. The average molecular weight is 412 g/mol. The summed E-state index contributed by atoms with van der Waals surface area (Å²) in [6.45, 7) is 3.27. The van der Waals surface area contributed by atoms with Crippen LogP contribution < -0.4 is 9.47 Å². The minimum absolute atomic E-state index is 0.109. The van der Waals surface area contributed by atoms with Gasteiger partial charge in [-0.2, -0.15) is 0 Å². The first-order valence-electron chi connectivity index (χ1n) is 10.7. The number of likely N-dealkylation sites (tertiary alicyclic amines) is 1. The van der Waals surface area contributed by atoms with Crippen LogP contribution in [0, 0.1) is 11.8 Å². The highest BCUT2D eigenvalue weighted by Gasteiger charge is 2.34. The number of carbonyl (C=O) groups is 1. The zero-order valence-electron chi connectivity index (χ0n) is 18.3. The number of nitrogens with zero attached hydrogens (tertiary/aromatic N) is 1. The lowest BCUT2D eigenvalue weighted by Gasteiger charge is -2.32. The molecular formula is C25H33NO4. The molecule has 1 fully saturated rings. The summed E-state index contributed by atoms with van der Waals surface area (Å²) in [5.74, 6) is 2.38. The Kier molecular flexibility index (Phi) is 7.88. The van der Waals surface area contributed by atoms with Crippen LogP contribution in [0.25, 0.3) is 0 Å². The average Bonchev–Trinajstić information content (AvgIpc) is 3.10. The third-order valence-corrected chi connectivity index (χ3v) is 6.29. The Labute approximate surface area is 179 Å². The number of ketones is 1. The van der Waals surface area contributed by atoms with Gasteiger partial charge in [0.05, 0.1) is 14.2 Å². The van der Waals surface area contributed by atoms with Crippen molar-refractivity contribution in [1.29, 1.82) is 0 Å². The highest BCUT2D eigenvalue weighted by atomic mass is 16.5. The number of aliphatic hydroxyl groups is 1. The Bertz CT molecular complexity index is 829. The summed E-state index contributed by atoms with van der Waals surface area (Å²) in [4.78, 5) is 15.5. The minimum atomic E-state index is 0.109. The van der Waals surface area contributed by atoms with Gasteiger partial charge in [-0.25, -0.2) is 0 Å². The summed E-state index contributed by atoms with van der Waals surface area (Å²) < 4.78 is 10.8. The Balaban J connectivity index is 0.00000124. The van der Waals surface area contributed by atoms with Gasteiger partial charge in [-0.1, -0.05) is 30.3 Å². The van der Waals surface area contributed by atoms with Crippen LogP contribution in [0.5, 0.6) is 11.5 Å². The van der Waals surface area contributed by atoms with Crippen LogP contribution in [0.1, 0.15) is 40.7 Å². The molecule has 2 aromatic carbocycles. The number of ether oxygens (including phenoxy) is 2. The number of fused-ring (bicyclic) bond motifs is 1. The predicted octanol–water partition coefficient (Wildman–Crippen LogP) is 3.97. The van der Waals surface area contributed by atoms with Crippen molar-refractivity contribution in [1.82, 2.24) is 4.90 Å². The van der Waals surface area contributed by atoms with Gasteiger partial charge in [-0.15, -0.1) is 0 Å². The second kappa shape index (κ2) is 10.6. The topological polar surface area (TPSA) is 59.0 Å². The molecule has 0 spiro atoms. The third-order valence-electron chi connectivity index (χ3n) is 6.29. The Morgan fingerprint density at radius 1 is 1.00 bits per heavy atom. The molecule has 0 bridgehead atoms. The van der Waals surface area contributed by atoms with Crippen molar-refractivity contribution in [3.63, 3.8) is 0 Å². The number of carbonyl (C=O) groups excluding carboxylic acids is 1. The summed E-state index contributed by atoms with van der Waals surface area (Å²) in [6.07, 6.45) is 4.19. The van der Waals surface area contributed by atoms with E-state index in [0.29, 0.717) is 17.4 Å². The van der Waals surface area contributed by atoms with Gasteiger partial charge < -0.3 is 14.6 Å². The minimum Gasteiger partial charge on any atom is -0.493 e. The first-order valence-corrected chi connectivity index (χ1v) is 10.7. The van der Waals surface area contributed by atoms with E-state index in [1.807, 2.05) is 12.1 Å². The maximum Gasteiger partial charge on any atom is 0.166 e. The molecule has 0 radical (unpaired) electrons. The second-order valence-corrected chi connectivity index (χ2v) is 8.07.